The summed E-state index contributed by atoms with van der Waals surface area (Å²) >= 11 is 0. The molecular formula is C16H4ClF19O3S. The maximum absolute atomic E-state index is 14.2. The van der Waals surface area contributed by atoms with Crippen LogP contribution in [0.3, 0.4) is 0 Å². The summed E-state index contributed by atoms with van der Waals surface area (Å²) < 4.78 is 282. The number of ether oxygens (including phenoxy) is 1. The van der Waals surface area contributed by atoms with Gasteiger partial charge in [0, 0.05) is 10.7 Å². The number of benzene rings is 1. The van der Waals surface area contributed by atoms with Gasteiger partial charge in [0.15, 0.2) is 0 Å². The van der Waals surface area contributed by atoms with Gasteiger partial charge in [-0.05, 0) is 24.3 Å². The summed E-state index contributed by atoms with van der Waals surface area (Å²) in [4.78, 5) is -1.16. The monoisotopic (exact) mass is 672 g/mol. The van der Waals surface area contributed by atoms with Crippen molar-refractivity contribution < 1.29 is 96.6 Å². The highest BCUT2D eigenvalue weighted by Crippen LogP contribution is 2.72. The van der Waals surface area contributed by atoms with Crippen LogP contribution in [0.15, 0.2) is 40.5 Å². The Balaban J connectivity index is 4.66. The van der Waals surface area contributed by atoms with E-state index in [9.17, 15) is 91.8 Å². The average molecular weight is 673 g/mol. The molecule has 0 aliphatic rings. The lowest BCUT2D eigenvalue weighted by Crippen LogP contribution is -2.73. The normalized spacial score (nSPS) is 16.1. The lowest BCUT2D eigenvalue weighted by molar-refractivity contribution is -0.457. The Bertz CT molecular complexity index is 1190. The molecule has 232 valence electrons. The predicted molar refractivity (Wildman–Crippen MR) is 89.7 cm³/mol. The van der Waals surface area contributed by atoms with Crippen molar-refractivity contribution in [3.05, 3.63) is 35.6 Å². The SMILES string of the molecule is O=S(=O)(Cl)c1ccc(O/C(=C(/C(F)(F)F)C(C(F)(F)F)(C(F)(F)C(F)(F)F)C(F)(F)C(F)(F)F)C(F)(F)F)cc1. The minimum Gasteiger partial charge on any atom is -0.452 e. The zero-order valence-electron chi connectivity index (χ0n) is 17.5. The van der Waals surface area contributed by atoms with Crippen LogP contribution < -0.4 is 4.74 Å². The molecule has 3 nitrogen and oxygen atoms in total. The van der Waals surface area contributed by atoms with Gasteiger partial charge in [0.05, 0.1) is 4.90 Å². The number of halogens is 20. The van der Waals surface area contributed by atoms with Gasteiger partial charge in [-0.25, -0.2) is 8.42 Å². The molecule has 0 saturated carbocycles. The lowest BCUT2D eigenvalue weighted by Gasteiger charge is -2.48. The molecule has 1 aromatic carbocycles. The number of hydrogen-bond donors (Lipinski definition) is 0. The van der Waals surface area contributed by atoms with Crippen molar-refractivity contribution in [3.63, 3.8) is 0 Å². The maximum atomic E-state index is 14.2. The number of hydrogen-bond acceptors (Lipinski definition) is 3. The molecule has 1 aromatic rings. The van der Waals surface area contributed by atoms with E-state index in [0.29, 0.717) is 0 Å². The van der Waals surface area contributed by atoms with Crippen LogP contribution >= 0.6 is 10.7 Å². The summed E-state index contributed by atoms with van der Waals surface area (Å²) in [5.41, 5.74) is -15.0. The maximum Gasteiger partial charge on any atom is 0.454 e. The molecule has 0 N–H and O–H groups in total. The van der Waals surface area contributed by atoms with E-state index in [1.165, 1.54) is 0 Å². The van der Waals surface area contributed by atoms with Crippen LogP contribution in [0.25, 0.3) is 0 Å². The Morgan fingerprint density at radius 3 is 1.15 bits per heavy atom. The van der Waals surface area contributed by atoms with Crippen LogP contribution in [0.1, 0.15) is 0 Å². The third kappa shape index (κ3) is 5.98. The Kier molecular flexibility index (Phi) is 8.83. The van der Waals surface area contributed by atoms with Gasteiger partial charge in [0.25, 0.3) is 9.05 Å². The summed E-state index contributed by atoms with van der Waals surface area (Å²) in [7, 11) is -0.0409. The lowest BCUT2D eigenvalue weighted by atomic mass is 9.66. The second-order valence-corrected chi connectivity index (χ2v) is 9.67. The van der Waals surface area contributed by atoms with Crippen LogP contribution in [0.2, 0.25) is 0 Å². The third-order valence-corrected chi connectivity index (χ3v) is 5.92. The van der Waals surface area contributed by atoms with Gasteiger partial charge < -0.3 is 4.74 Å². The van der Waals surface area contributed by atoms with Gasteiger partial charge in [-0.3, -0.25) is 0 Å². The van der Waals surface area contributed by atoms with Crippen LogP contribution in [-0.2, 0) is 9.05 Å². The van der Waals surface area contributed by atoms with Crippen LogP contribution in [0.4, 0.5) is 83.4 Å². The molecule has 1 rings (SSSR count). The summed E-state index contributed by atoms with van der Waals surface area (Å²) in [6.07, 6.45) is -41.4. The van der Waals surface area contributed by atoms with Gasteiger partial charge in [0.1, 0.15) is 11.3 Å². The van der Waals surface area contributed by atoms with Crippen LogP contribution in [0.5, 0.6) is 5.75 Å². The van der Waals surface area contributed by atoms with Crippen LogP contribution in [-0.4, -0.2) is 51.1 Å². The Morgan fingerprint density at radius 2 is 0.925 bits per heavy atom. The van der Waals surface area contributed by atoms with Crippen molar-refractivity contribution in [3.8, 4) is 5.75 Å². The van der Waals surface area contributed by atoms with Crippen molar-refractivity contribution in [1.29, 1.82) is 0 Å². The molecule has 0 aliphatic heterocycles. The second kappa shape index (κ2) is 9.89. The second-order valence-electron chi connectivity index (χ2n) is 7.10. The van der Waals surface area contributed by atoms with Crippen molar-refractivity contribution in [2.24, 2.45) is 5.41 Å². The van der Waals surface area contributed by atoms with E-state index in [1.54, 1.807) is 0 Å². The van der Waals surface area contributed by atoms with Gasteiger partial charge in [-0.1, -0.05) is 0 Å². The highest BCUT2D eigenvalue weighted by molar-refractivity contribution is 8.13. The predicted octanol–water partition coefficient (Wildman–Crippen LogP) is 8.32. The van der Waals surface area contributed by atoms with Crippen molar-refractivity contribution in [2.45, 2.75) is 47.6 Å². The van der Waals surface area contributed by atoms with Gasteiger partial charge in [-0.2, -0.15) is 83.4 Å². The highest BCUT2D eigenvalue weighted by atomic mass is 35.7. The molecule has 0 spiro atoms. The fourth-order valence-electron chi connectivity index (χ4n) is 2.98. The number of rotatable bonds is 6. The van der Waals surface area contributed by atoms with Crippen molar-refractivity contribution >= 4 is 19.7 Å². The molecule has 24 heteroatoms. The topological polar surface area (TPSA) is 43.4 Å². The van der Waals surface area contributed by atoms with E-state index < -0.39 is 79.2 Å². The van der Waals surface area contributed by atoms with E-state index in [1.807, 2.05) is 0 Å². The molecule has 40 heavy (non-hydrogen) atoms. The summed E-state index contributed by atoms with van der Waals surface area (Å²) in [6.45, 7) is 0. The molecule has 0 radical (unpaired) electrons. The van der Waals surface area contributed by atoms with Gasteiger partial charge >= 0.3 is 42.7 Å². The fraction of sp³-hybridized carbons (Fsp3) is 0.500. The van der Waals surface area contributed by atoms with E-state index >= 15 is 0 Å². The largest absolute Gasteiger partial charge is 0.454 e. The van der Waals surface area contributed by atoms with E-state index in [0.717, 1.165) is 0 Å². The van der Waals surface area contributed by atoms with Crippen molar-refractivity contribution in [2.75, 3.05) is 0 Å². The molecule has 0 aromatic heterocycles. The van der Waals surface area contributed by atoms with Crippen LogP contribution in [0, 0.1) is 5.41 Å². The van der Waals surface area contributed by atoms with E-state index in [4.69, 9.17) is 10.7 Å². The molecule has 0 fully saturated rings. The minimum absolute atomic E-state index is 0.00936. The minimum atomic E-state index is -9.13. The summed E-state index contributed by atoms with van der Waals surface area (Å²) in [5, 5.41) is 0. The summed E-state index contributed by atoms with van der Waals surface area (Å²) in [5.74, 6) is -24.9. The molecule has 0 amide bonds. The zero-order chi connectivity index (χ0) is 32.3. The van der Waals surface area contributed by atoms with Crippen molar-refractivity contribution in [1.82, 2.24) is 0 Å². The Morgan fingerprint density at radius 1 is 0.575 bits per heavy atom. The Labute approximate surface area is 211 Å². The van der Waals surface area contributed by atoms with E-state index in [2.05, 4.69) is 4.74 Å². The molecule has 0 bridgehead atoms. The highest BCUT2D eigenvalue weighted by Gasteiger charge is 2.96. The van der Waals surface area contributed by atoms with Gasteiger partial charge in [-0.15, -0.1) is 0 Å². The zero-order valence-corrected chi connectivity index (χ0v) is 19.1. The first-order valence-corrected chi connectivity index (χ1v) is 11.1. The third-order valence-electron chi connectivity index (χ3n) is 4.55. The average Bonchev–Trinajstić information content (AvgIpc) is 2.65. The summed E-state index contributed by atoms with van der Waals surface area (Å²) in [6, 6.07) is -0.530. The molecule has 0 atom stereocenters. The fourth-order valence-corrected chi connectivity index (χ4v) is 3.75. The standard InChI is InChI=1S/C16H4ClF19O3S/c17-40(37,38)6-3-1-5(2-4-6)39-8(11(21,22)23)7(10(18,19)20)9(14(28,29)30,12(24,25)15(31,32)33)13(26,27)16(34,35)36/h1-4H/b8-7+. The molecule has 0 saturated heterocycles. The Hall–Kier alpha value is -2.33. The quantitative estimate of drug-likeness (QED) is 0.174. The first kappa shape index (κ1) is 35.7. The first-order valence-electron chi connectivity index (χ1n) is 8.76. The van der Waals surface area contributed by atoms with Gasteiger partial charge in [0.2, 0.25) is 11.2 Å². The first-order chi connectivity index (χ1) is 17.2. The molecular weight excluding hydrogens is 669 g/mol. The number of alkyl halides is 19. The molecule has 0 unspecified atom stereocenters. The molecule has 0 heterocycles. The number of allylic oxidation sites excluding steroid dienone is 2. The molecule has 0 aliphatic carbocycles. The van der Waals surface area contributed by atoms with E-state index in [-0.39, 0.29) is 24.3 Å². The smallest absolute Gasteiger partial charge is 0.452 e.